The molecule has 156 valence electrons. The molecule has 4 rings (SSSR count). The SMILES string of the molecule is O=C(O)N(Cc1ccccc1)[C@H]1CC[C@H](CNc2nc(-c3ccccn3)cs2)CC1. The molecule has 0 atom stereocenters. The first-order valence-electron chi connectivity index (χ1n) is 10.3. The lowest BCUT2D eigenvalue weighted by atomic mass is 9.85. The first-order chi connectivity index (χ1) is 14.7. The topological polar surface area (TPSA) is 78.4 Å². The summed E-state index contributed by atoms with van der Waals surface area (Å²) in [5.41, 5.74) is 2.82. The van der Waals surface area contributed by atoms with E-state index in [0.717, 1.165) is 54.3 Å². The number of thiazole rings is 1. The molecule has 6 nitrogen and oxygen atoms in total. The Morgan fingerprint density at radius 3 is 2.53 bits per heavy atom. The Morgan fingerprint density at radius 2 is 1.83 bits per heavy atom. The van der Waals surface area contributed by atoms with Crippen LogP contribution in [0, 0.1) is 5.92 Å². The largest absolute Gasteiger partial charge is 0.465 e. The van der Waals surface area contributed by atoms with Crippen LogP contribution in [0.25, 0.3) is 11.4 Å². The number of hydrogen-bond acceptors (Lipinski definition) is 5. The Morgan fingerprint density at radius 1 is 1.07 bits per heavy atom. The van der Waals surface area contributed by atoms with E-state index in [1.54, 1.807) is 22.4 Å². The van der Waals surface area contributed by atoms with Crippen LogP contribution >= 0.6 is 11.3 Å². The van der Waals surface area contributed by atoms with Gasteiger partial charge in [-0.3, -0.25) is 4.98 Å². The zero-order valence-electron chi connectivity index (χ0n) is 16.8. The molecule has 7 heteroatoms. The number of anilines is 1. The summed E-state index contributed by atoms with van der Waals surface area (Å²) in [6.07, 6.45) is 4.80. The Balaban J connectivity index is 1.27. The zero-order chi connectivity index (χ0) is 20.8. The van der Waals surface area contributed by atoms with Gasteiger partial charge < -0.3 is 15.3 Å². The normalized spacial score (nSPS) is 18.7. The molecule has 0 aliphatic heterocycles. The molecule has 1 amide bonds. The Kier molecular flexibility index (Phi) is 6.59. The summed E-state index contributed by atoms with van der Waals surface area (Å²) in [5, 5.41) is 16.1. The summed E-state index contributed by atoms with van der Waals surface area (Å²) in [6.45, 7) is 1.33. The van der Waals surface area contributed by atoms with Crippen LogP contribution in [0.15, 0.2) is 60.1 Å². The van der Waals surface area contributed by atoms with Gasteiger partial charge in [0.25, 0.3) is 0 Å². The van der Waals surface area contributed by atoms with Crippen LogP contribution in [-0.2, 0) is 6.54 Å². The number of nitrogens with zero attached hydrogens (tertiary/aromatic N) is 3. The fourth-order valence-electron chi connectivity index (χ4n) is 4.01. The van der Waals surface area contributed by atoms with Gasteiger partial charge in [-0.2, -0.15) is 0 Å². The minimum Gasteiger partial charge on any atom is -0.465 e. The van der Waals surface area contributed by atoms with E-state index in [1.165, 1.54) is 0 Å². The predicted octanol–water partition coefficient (Wildman–Crippen LogP) is 5.36. The van der Waals surface area contributed by atoms with Gasteiger partial charge in [-0.25, -0.2) is 9.78 Å². The molecule has 1 aliphatic rings. The number of pyridine rings is 1. The van der Waals surface area contributed by atoms with Crippen LogP contribution in [0.3, 0.4) is 0 Å². The van der Waals surface area contributed by atoms with Crippen molar-refractivity contribution < 1.29 is 9.90 Å². The highest BCUT2D eigenvalue weighted by Crippen LogP contribution is 2.30. The lowest BCUT2D eigenvalue weighted by Crippen LogP contribution is -2.41. The molecule has 0 spiro atoms. The first-order valence-corrected chi connectivity index (χ1v) is 11.2. The van der Waals surface area contributed by atoms with Gasteiger partial charge in [0, 0.05) is 30.7 Å². The Labute approximate surface area is 180 Å². The molecule has 1 fully saturated rings. The second-order valence-corrected chi connectivity index (χ2v) is 8.56. The van der Waals surface area contributed by atoms with Crippen molar-refractivity contribution in [3.05, 3.63) is 65.7 Å². The molecule has 0 saturated heterocycles. The first kappa shape index (κ1) is 20.3. The highest BCUT2D eigenvalue weighted by molar-refractivity contribution is 7.14. The van der Waals surface area contributed by atoms with Crippen molar-refractivity contribution in [3.8, 4) is 11.4 Å². The highest BCUT2D eigenvalue weighted by atomic mass is 32.1. The molecule has 30 heavy (non-hydrogen) atoms. The van der Waals surface area contributed by atoms with Gasteiger partial charge in [-0.05, 0) is 49.3 Å². The smallest absolute Gasteiger partial charge is 0.407 e. The molecular formula is C23H26N4O2S. The molecular weight excluding hydrogens is 396 g/mol. The highest BCUT2D eigenvalue weighted by Gasteiger charge is 2.28. The average Bonchev–Trinajstić information content (AvgIpc) is 3.27. The molecule has 2 heterocycles. The van der Waals surface area contributed by atoms with Crippen molar-refractivity contribution in [3.63, 3.8) is 0 Å². The quantitative estimate of drug-likeness (QED) is 0.536. The third-order valence-corrected chi connectivity index (χ3v) is 6.47. The van der Waals surface area contributed by atoms with Crippen molar-refractivity contribution in [2.24, 2.45) is 5.92 Å². The lowest BCUT2D eigenvalue weighted by molar-refractivity contribution is 0.100. The van der Waals surface area contributed by atoms with E-state index in [-0.39, 0.29) is 6.04 Å². The van der Waals surface area contributed by atoms with Gasteiger partial charge in [-0.15, -0.1) is 11.3 Å². The monoisotopic (exact) mass is 422 g/mol. The number of benzene rings is 1. The van der Waals surface area contributed by atoms with Crippen LogP contribution in [0.5, 0.6) is 0 Å². The molecule has 2 aromatic heterocycles. The number of carbonyl (C=O) groups is 1. The number of carboxylic acid groups (broad SMARTS) is 1. The molecule has 1 saturated carbocycles. The molecule has 0 bridgehead atoms. The van der Waals surface area contributed by atoms with E-state index in [9.17, 15) is 9.90 Å². The van der Waals surface area contributed by atoms with E-state index >= 15 is 0 Å². The summed E-state index contributed by atoms with van der Waals surface area (Å²) in [6, 6.07) is 15.7. The van der Waals surface area contributed by atoms with E-state index in [1.807, 2.05) is 53.9 Å². The maximum atomic E-state index is 11.8. The molecule has 0 radical (unpaired) electrons. The van der Waals surface area contributed by atoms with Crippen LogP contribution in [0.4, 0.5) is 9.93 Å². The van der Waals surface area contributed by atoms with Gasteiger partial charge in [0.1, 0.15) is 5.69 Å². The third-order valence-electron chi connectivity index (χ3n) is 5.67. The summed E-state index contributed by atoms with van der Waals surface area (Å²) in [5.74, 6) is 0.538. The predicted molar refractivity (Wildman–Crippen MR) is 120 cm³/mol. The van der Waals surface area contributed by atoms with Crippen molar-refractivity contribution >= 4 is 22.6 Å². The maximum absolute atomic E-state index is 11.8. The van der Waals surface area contributed by atoms with Gasteiger partial charge in [0.15, 0.2) is 5.13 Å². The number of rotatable bonds is 7. The minimum absolute atomic E-state index is 0.0922. The van der Waals surface area contributed by atoms with Crippen molar-refractivity contribution in [1.82, 2.24) is 14.9 Å². The van der Waals surface area contributed by atoms with Gasteiger partial charge in [0.05, 0.1) is 5.69 Å². The molecule has 3 aromatic rings. The summed E-state index contributed by atoms with van der Waals surface area (Å²) < 4.78 is 0. The fourth-order valence-corrected chi connectivity index (χ4v) is 4.73. The number of aromatic nitrogens is 2. The van der Waals surface area contributed by atoms with E-state index in [4.69, 9.17) is 0 Å². The second kappa shape index (κ2) is 9.71. The van der Waals surface area contributed by atoms with E-state index in [0.29, 0.717) is 12.5 Å². The van der Waals surface area contributed by atoms with Gasteiger partial charge in [-0.1, -0.05) is 36.4 Å². The summed E-state index contributed by atoms with van der Waals surface area (Å²) >= 11 is 1.60. The van der Waals surface area contributed by atoms with E-state index < -0.39 is 6.09 Å². The second-order valence-electron chi connectivity index (χ2n) is 7.70. The minimum atomic E-state index is -0.828. The summed E-state index contributed by atoms with van der Waals surface area (Å²) in [4.78, 5) is 22.4. The van der Waals surface area contributed by atoms with Crippen molar-refractivity contribution in [2.45, 2.75) is 38.3 Å². The van der Waals surface area contributed by atoms with Gasteiger partial charge >= 0.3 is 6.09 Å². The maximum Gasteiger partial charge on any atom is 0.407 e. The van der Waals surface area contributed by atoms with Crippen LogP contribution in [0.2, 0.25) is 0 Å². The zero-order valence-corrected chi connectivity index (χ0v) is 17.6. The molecule has 1 aliphatic carbocycles. The van der Waals surface area contributed by atoms with Gasteiger partial charge in [0.2, 0.25) is 0 Å². The standard InChI is InChI=1S/C23H26N4O2S/c28-23(29)27(15-18-6-2-1-3-7-18)19-11-9-17(10-12-19)14-25-22-26-21(16-30-22)20-8-4-5-13-24-20/h1-8,13,16-17,19H,9-12,14-15H2,(H,25,26)(H,28,29)/t17-,19-. The van der Waals surface area contributed by atoms with Crippen molar-refractivity contribution in [2.75, 3.05) is 11.9 Å². The van der Waals surface area contributed by atoms with E-state index in [2.05, 4.69) is 15.3 Å². The molecule has 0 unspecified atom stereocenters. The third kappa shape index (κ3) is 5.16. The number of nitrogens with one attached hydrogen (secondary N) is 1. The fraction of sp³-hybridized carbons (Fsp3) is 0.348. The molecule has 2 N–H and O–H groups in total. The van der Waals surface area contributed by atoms with Crippen molar-refractivity contribution in [1.29, 1.82) is 0 Å². The molecule has 1 aromatic carbocycles. The Hall–Kier alpha value is -2.93. The Bertz CT molecular complexity index is 940. The van der Waals surface area contributed by atoms with Crippen LogP contribution in [-0.4, -0.2) is 38.7 Å². The van der Waals surface area contributed by atoms with Crippen LogP contribution in [0.1, 0.15) is 31.2 Å². The lowest BCUT2D eigenvalue weighted by Gasteiger charge is -2.35. The average molecular weight is 423 g/mol. The number of hydrogen-bond donors (Lipinski definition) is 2. The van der Waals surface area contributed by atoms with Crippen LogP contribution < -0.4 is 5.32 Å². The number of amides is 1. The summed E-state index contributed by atoms with van der Waals surface area (Å²) in [7, 11) is 0.